The van der Waals surface area contributed by atoms with Gasteiger partial charge in [-0.25, -0.2) is 9.97 Å². The van der Waals surface area contributed by atoms with Gasteiger partial charge in [-0.2, -0.15) is 0 Å². The van der Waals surface area contributed by atoms with Crippen LogP contribution in [0.5, 0.6) is 0 Å². The van der Waals surface area contributed by atoms with Gasteiger partial charge in [0.05, 0.1) is 16.9 Å². The Morgan fingerprint density at radius 1 is 1.12 bits per heavy atom. The van der Waals surface area contributed by atoms with E-state index < -0.39 is 0 Å². The van der Waals surface area contributed by atoms with Crippen LogP contribution in [0.4, 0.5) is 5.95 Å². The lowest BCUT2D eigenvalue weighted by atomic mass is 9.74. The first-order chi connectivity index (χ1) is 19.4. The largest absolute Gasteiger partial charge is 0.381 e. The van der Waals surface area contributed by atoms with Gasteiger partial charge in [-0.05, 0) is 48.3 Å². The maximum absolute atomic E-state index is 13.4. The van der Waals surface area contributed by atoms with Crippen LogP contribution in [0, 0.1) is 0 Å². The van der Waals surface area contributed by atoms with Crippen molar-refractivity contribution in [3.8, 4) is 11.3 Å². The van der Waals surface area contributed by atoms with E-state index in [-0.39, 0.29) is 29.8 Å². The zero-order valence-corrected chi connectivity index (χ0v) is 23.5. The van der Waals surface area contributed by atoms with Crippen LogP contribution in [0.15, 0.2) is 54.7 Å². The fourth-order valence-corrected chi connectivity index (χ4v) is 6.14. The van der Waals surface area contributed by atoms with E-state index in [1.807, 2.05) is 29.2 Å². The molecule has 1 aromatic heterocycles. The molecule has 0 unspecified atom stereocenters. The molecule has 208 valence electrons. The Morgan fingerprint density at radius 3 is 2.62 bits per heavy atom. The number of carbonyl (C=O) groups excluding carboxylic acids is 2. The van der Waals surface area contributed by atoms with E-state index in [4.69, 9.17) is 16.3 Å². The third-order valence-corrected chi connectivity index (χ3v) is 8.85. The zero-order chi connectivity index (χ0) is 27.7. The first kappa shape index (κ1) is 26.7. The van der Waals surface area contributed by atoms with E-state index in [1.165, 1.54) is 5.56 Å². The van der Waals surface area contributed by atoms with Gasteiger partial charge in [0.2, 0.25) is 11.9 Å². The molecule has 4 heterocycles. The van der Waals surface area contributed by atoms with Crippen LogP contribution in [0.1, 0.15) is 54.1 Å². The number of likely N-dealkylation sites (tertiary alicyclic amines) is 1. The molecule has 3 aliphatic rings. The molecule has 0 spiro atoms. The normalized spacial score (nSPS) is 19.0. The lowest BCUT2D eigenvalue weighted by molar-refractivity contribution is -0.133. The summed E-state index contributed by atoms with van der Waals surface area (Å²) < 4.78 is 5.43. The van der Waals surface area contributed by atoms with E-state index in [9.17, 15) is 9.59 Å². The molecule has 2 aromatic carbocycles. The molecule has 2 amide bonds. The van der Waals surface area contributed by atoms with E-state index in [0.29, 0.717) is 41.9 Å². The second kappa shape index (κ2) is 11.2. The van der Waals surface area contributed by atoms with Crippen LogP contribution >= 0.6 is 11.6 Å². The van der Waals surface area contributed by atoms with E-state index in [0.717, 1.165) is 50.0 Å². The van der Waals surface area contributed by atoms with Gasteiger partial charge in [0.1, 0.15) is 6.54 Å². The molecule has 0 atom stereocenters. The van der Waals surface area contributed by atoms with Crippen LogP contribution in [0.25, 0.3) is 11.3 Å². The van der Waals surface area contributed by atoms with Gasteiger partial charge in [-0.1, -0.05) is 61.0 Å². The van der Waals surface area contributed by atoms with E-state index in [1.54, 1.807) is 11.1 Å². The van der Waals surface area contributed by atoms with Crippen molar-refractivity contribution in [3.63, 3.8) is 0 Å². The minimum absolute atomic E-state index is 0.000773. The van der Waals surface area contributed by atoms with E-state index >= 15 is 0 Å². The molecule has 0 radical (unpaired) electrons. The molecular weight excluding hydrogens is 526 g/mol. The highest BCUT2D eigenvalue weighted by Gasteiger charge is 2.35. The number of anilines is 1. The Bertz CT molecular complexity index is 1400. The Balaban J connectivity index is 1.11. The SMILES string of the molecule is CC1(c2ccccc2)CCN(C(=O)CN2Cc3ccc(-c4nc(NC5CCOCC5)ncc4Cl)cc3C2=O)CC1. The summed E-state index contributed by atoms with van der Waals surface area (Å²) in [4.78, 5) is 39.1. The smallest absolute Gasteiger partial charge is 0.254 e. The van der Waals surface area contributed by atoms with Gasteiger partial charge < -0.3 is 19.9 Å². The molecule has 0 aliphatic carbocycles. The molecule has 2 saturated heterocycles. The molecule has 1 N–H and O–H groups in total. The van der Waals surface area contributed by atoms with Crippen LogP contribution < -0.4 is 5.32 Å². The molecule has 8 nitrogen and oxygen atoms in total. The minimum Gasteiger partial charge on any atom is -0.381 e. The number of amides is 2. The van der Waals surface area contributed by atoms with Gasteiger partial charge in [0.25, 0.3) is 5.91 Å². The fraction of sp³-hybridized carbons (Fsp3) is 0.419. The summed E-state index contributed by atoms with van der Waals surface area (Å²) in [7, 11) is 0. The van der Waals surface area contributed by atoms with Crippen molar-refractivity contribution in [2.24, 2.45) is 0 Å². The Morgan fingerprint density at radius 2 is 1.88 bits per heavy atom. The molecule has 9 heteroatoms. The number of ether oxygens (including phenoxy) is 1. The first-order valence-corrected chi connectivity index (χ1v) is 14.4. The number of aromatic nitrogens is 2. The van der Waals surface area contributed by atoms with Crippen molar-refractivity contribution in [1.82, 2.24) is 19.8 Å². The number of carbonyl (C=O) groups is 2. The number of benzene rings is 2. The molecule has 2 fully saturated rings. The van der Waals surface area contributed by atoms with Crippen molar-refractivity contribution in [2.75, 3.05) is 38.2 Å². The first-order valence-electron chi connectivity index (χ1n) is 14.0. The number of rotatable bonds is 6. The second-order valence-corrected chi connectivity index (χ2v) is 11.7. The van der Waals surface area contributed by atoms with Crippen LogP contribution in [0.3, 0.4) is 0 Å². The maximum atomic E-state index is 13.4. The number of piperidine rings is 1. The zero-order valence-electron chi connectivity index (χ0n) is 22.7. The number of hydrogen-bond donors (Lipinski definition) is 1. The van der Waals surface area contributed by atoms with Crippen LogP contribution in [0.2, 0.25) is 5.02 Å². The third-order valence-electron chi connectivity index (χ3n) is 8.58. The van der Waals surface area contributed by atoms with Crippen molar-refractivity contribution >= 4 is 29.4 Å². The third kappa shape index (κ3) is 5.43. The minimum atomic E-state index is -0.137. The van der Waals surface area contributed by atoms with Crippen molar-refractivity contribution in [2.45, 2.75) is 50.6 Å². The average Bonchev–Trinajstić information content (AvgIpc) is 3.29. The molecule has 3 aromatic rings. The van der Waals surface area contributed by atoms with Gasteiger partial charge in [-0.3, -0.25) is 9.59 Å². The molecule has 40 heavy (non-hydrogen) atoms. The predicted molar refractivity (Wildman–Crippen MR) is 154 cm³/mol. The van der Waals surface area contributed by atoms with Crippen molar-refractivity contribution in [1.29, 1.82) is 0 Å². The molecule has 6 rings (SSSR count). The topological polar surface area (TPSA) is 87.7 Å². The summed E-state index contributed by atoms with van der Waals surface area (Å²) in [6, 6.07) is 16.5. The Labute approximate surface area is 239 Å². The maximum Gasteiger partial charge on any atom is 0.254 e. The highest BCUT2D eigenvalue weighted by molar-refractivity contribution is 6.33. The molecule has 3 aliphatic heterocycles. The monoisotopic (exact) mass is 559 g/mol. The highest BCUT2D eigenvalue weighted by atomic mass is 35.5. The quantitative estimate of drug-likeness (QED) is 0.461. The number of fused-ring (bicyclic) bond motifs is 1. The highest BCUT2D eigenvalue weighted by Crippen LogP contribution is 2.35. The lowest BCUT2D eigenvalue weighted by Gasteiger charge is -2.40. The Kier molecular flexibility index (Phi) is 7.47. The molecule has 0 saturated carbocycles. The second-order valence-electron chi connectivity index (χ2n) is 11.3. The van der Waals surface area contributed by atoms with Gasteiger partial charge in [-0.15, -0.1) is 0 Å². The number of halogens is 1. The summed E-state index contributed by atoms with van der Waals surface area (Å²) in [5, 5.41) is 3.79. The summed E-state index contributed by atoms with van der Waals surface area (Å²) in [5.41, 5.74) is 4.21. The van der Waals surface area contributed by atoms with Crippen molar-refractivity contribution in [3.05, 3.63) is 76.4 Å². The predicted octanol–water partition coefficient (Wildman–Crippen LogP) is 4.92. The number of hydrogen-bond acceptors (Lipinski definition) is 6. The summed E-state index contributed by atoms with van der Waals surface area (Å²) in [5.74, 6) is 0.372. The van der Waals surface area contributed by atoms with Gasteiger partial charge >= 0.3 is 0 Å². The fourth-order valence-electron chi connectivity index (χ4n) is 5.94. The van der Waals surface area contributed by atoms with Gasteiger partial charge in [0.15, 0.2) is 0 Å². The van der Waals surface area contributed by atoms with Crippen LogP contribution in [-0.4, -0.2) is 70.5 Å². The summed E-state index contributed by atoms with van der Waals surface area (Å²) >= 11 is 6.49. The van der Waals surface area contributed by atoms with Gasteiger partial charge in [0, 0.05) is 50.0 Å². The standard InChI is InChI=1S/C31H34ClN5O3/c1-31(23-5-3-2-4-6-23)11-13-36(14-12-31)27(38)20-37-19-22-8-7-21(17-25(22)29(37)39)28-26(32)18-33-30(35-28)34-24-9-15-40-16-10-24/h2-8,17-18,24H,9-16,19-20H2,1H3,(H,33,34,35). The average molecular weight is 560 g/mol. The number of nitrogens with zero attached hydrogens (tertiary/aromatic N) is 4. The molecular formula is C31H34ClN5O3. The van der Waals surface area contributed by atoms with Crippen LogP contribution in [-0.2, 0) is 21.5 Å². The van der Waals surface area contributed by atoms with E-state index in [2.05, 4.69) is 46.5 Å². The molecule has 0 bridgehead atoms. The van der Waals surface area contributed by atoms with Crippen molar-refractivity contribution < 1.29 is 14.3 Å². The lowest BCUT2D eigenvalue weighted by Crippen LogP contribution is -2.47. The summed E-state index contributed by atoms with van der Waals surface area (Å²) in [6.07, 6.45) is 5.20. The summed E-state index contributed by atoms with van der Waals surface area (Å²) in [6.45, 7) is 5.60. The number of nitrogens with one attached hydrogen (secondary N) is 1. The Hall–Kier alpha value is -3.49.